The van der Waals surface area contributed by atoms with E-state index in [1.54, 1.807) is 0 Å². The molecule has 0 N–H and O–H groups in total. The first-order chi connectivity index (χ1) is 22.3. The molecule has 0 saturated carbocycles. The van der Waals surface area contributed by atoms with Crippen LogP contribution in [0.3, 0.4) is 0 Å². The van der Waals surface area contributed by atoms with Crippen molar-refractivity contribution in [1.29, 1.82) is 0 Å². The van der Waals surface area contributed by atoms with E-state index in [2.05, 4.69) is 13.8 Å². The number of Topliss-reactive ketones (excluding diaryl/α,β-unsaturated/α-hetero) is 2. The van der Waals surface area contributed by atoms with Gasteiger partial charge in [-0.3, -0.25) is 9.59 Å². The summed E-state index contributed by atoms with van der Waals surface area (Å²) in [6.07, 6.45) is 25.7. The summed E-state index contributed by atoms with van der Waals surface area (Å²) in [5, 5.41) is 0. The van der Waals surface area contributed by atoms with Crippen LogP contribution in [-0.4, -0.2) is 23.5 Å². The van der Waals surface area contributed by atoms with Gasteiger partial charge in [-0.15, -0.1) is 0 Å². The number of carbonyl (C=O) groups is 4. The van der Waals surface area contributed by atoms with Gasteiger partial charge >= 0.3 is 11.9 Å². The van der Waals surface area contributed by atoms with Gasteiger partial charge in [-0.1, -0.05) is 170 Å². The molecule has 270 valence electrons. The molecule has 0 spiro atoms. The van der Waals surface area contributed by atoms with Crippen LogP contribution in [0.5, 0.6) is 0 Å². The first-order valence-corrected chi connectivity index (χ1v) is 19.8. The number of rotatable bonds is 32. The van der Waals surface area contributed by atoms with Gasteiger partial charge in [0, 0.05) is 12.8 Å². The van der Waals surface area contributed by atoms with Crippen molar-refractivity contribution in [3.63, 3.8) is 0 Å². The molecule has 6 nitrogen and oxygen atoms in total. The molecule has 0 amide bonds. The maximum absolute atomic E-state index is 13.6. The lowest BCUT2D eigenvalue weighted by molar-refractivity contribution is -0.272. The highest BCUT2D eigenvalue weighted by Crippen LogP contribution is 2.37. The van der Waals surface area contributed by atoms with Gasteiger partial charge in [-0.05, 0) is 38.5 Å². The fourth-order valence-electron chi connectivity index (χ4n) is 6.61. The third-order valence-electron chi connectivity index (χ3n) is 10.2. The first kappa shape index (κ1) is 44.3. The molecular formula is C40H74O6. The quantitative estimate of drug-likeness (QED) is 0.0311. The van der Waals surface area contributed by atoms with Gasteiger partial charge in [0.05, 0.1) is 0 Å². The molecule has 0 aromatic heterocycles. The van der Waals surface area contributed by atoms with Gasteiger partial charge in [0.25, 0.3) is 0 Å². The summed E-state index contributed by atoms with van der Waals surface area (Å²) < 4.78 is 0. The fourth-order valence-corrected chi connectivity index (χ4v) is 6.61. The van der Waals surface area contributed by atoms with Gasteiger partial charge in [0.15, 0.2) is 0 Å². The Kier molecular flexibility index (Phi) is 27.2. The summed E-state index contributed by atoms with van der Waals surface area (Å²) in [6.45, 7) is 12.2. The molecule has 6 heteroatoms. The molecule has 0 heterocycles. The van der Waals surface area contributed by atoms with Crippen LogP contribution in [0.2, 0.25) is 0 Å². The molecular weight excluding hydrogens is 576 g/mol. The van der Waals surface area contributed by atoms with E-state index in [1.807, 2.05) is 27.7 Å². The zero-order valence-corrected chi connectivity index (χ0v) is 31.2. The second kappa shape index (κ2) is 28.3. The summed E-state index contributed by atoms with van der Waals surface area (Å²) in [5.41, 5.74) is -2.65. The first-order valence-electron chi connectivity index (χ1n) is 19.8. The van der Waals surface area contributed by atoms with Crippen LogP contribution in [0.25, 0.3) is 0 Å². The minimum Gasteiger partial charge on any atom is -0.298 e. The van der Waals surface area contributed by atoms with Gasteiger partial charge < -0.3 is 0 Å². The van der Waals surface area contributed by atoms with E-state index in [4.69, 9.17) is 9.78 Å². The van der Waals surface area contributed by atoms with E-state index in [0.717, 1.165) is 51.4 Å². The third kappa shape index (κ3) is 16.9. The lowest BCUT2D eigenvalue weighted by atomic mass is 9.74. The van der Waals surface area contributed by atoms with Crippen LogP contribution >= 0.6 is 0 Å². The minimum absolute atomic E-state index is 0.123. The predicted octanol–water partition coefficient (Wildman–Crippen LogP) is 12.1. The highest BCUT2D eigenvalue weighted by molar-refractivity contribution is 6.05. The SMILES string of the molecule is CCCCCCCCCCCC(=O)C(CC)(CCCC)C(=O)OOC(=O)C(CC)(CCCC)C(=O)CCCCCCCCCCC. The van der Waals surface area contributed by atoms with E-state index in [9.17, 15) is 19.2 Å². The average molecular weight is 651 g/mol. The second-order valence-corrected chi connectivity index (χ2v) is 13.8. The molecule has 0 aliphatic carbocycles. The maximum atomic E-state index is 13.6. The zero-order chi connectivity index (χ0) is 34.5. The summed E-state index contributed by atoms with van der Waals surface area (Å²) >= 11 is 0. The van der Waals surface area contributed by atoms with E-state index in [1.165, 1.54) is 77.0 Å². The van der Waals surface area contributed by atoms with Crippen molar-refractivity contribution in [1.82, 2.24) is 0 Å². The summed E-state index contributed by atoms with van der Waals surface area (Å²) in [4.78, 5) is 64.7. The molecule has 0 fully saturated rings. The van der Waals surface area contributed by atoms with Gasteiger partial charge in [0.1, 0.15) is 22.4 Å². The summed E-state index contributed by atoms with van der Waals surface area (Å²) in [6, 6.07) is 0. The van der Waals surface area contributed by atoms with Crippen LogP contribution in [0.1, 0.15) is 221 Å². The summed E-state index contributed by atoms with van der Waals surface area (Å²) in [5.74, 6) is -1.82. The van der Waals surface area contributed by atoms with E-state index in [0.29, 0.717) is 51.4 Å². The normalized spacial score (nSPS) is 14.0. The smallest absolute Gasteiger partial charge is 0.298 e. The Morgan fingerprint density at radius 3 is 0.891 bits per heavy atom. The number of hydrogen-bond acceptors (Lipinski definition) is 6. The van der Waals surface area contributed by atoms with Gasteiger partial charge in [-0.2, -0.15) is 0 Å². The molecule has 0 radical (unpaired) electrons. The summed E-state index contributed by atoms with van der Waals surface area (Å²) in [7, 11) is 0. The average Bonchev–Trinajstić information content (AvgIpc) is 3.06. The Morgan fingerprint density at radius 2 is 0.630 bits per heavy atom. The van der Waals surface area contributed by atoms with Crippen LogP contribution in [0, 0.1) is 10.8 Å². The topological polar surface area (TPSA) is 86.7 Å². The van der Waals surface area contributed by atoms with Crippen molar-refractivity contribution in [2.45, 2.75) is 221 Å². The minimum atomic E-state index is -1.32. The lowest BCUT2D eigenvalue weighted by Gasteiger charge is -2.30. The third-order valence-corrected chi connectivity index (χ3v) is 10.2. The Hall–Kier alpha value is -1.72. The predicted molar refractivity (Wildman–Crippen MR) is 190 cm³/mol. The molecule has 0 aliphatic rings. The van der Waals surface area contributed by atoms with Crippen LogP contribution in [0.15, 0.2) is 0 Å². The van der Waals surface area contributed by atoms with Gasteiger partial charge in [-0.25, -0.2) is 19.4 Å². The van der Waals surface area contributed by atoms with Gasteiger partial charge in [0.2, 0.25) is 0 Å². The molecule has 0 saturated heterocycles. The molecule has 46 heavy (non-hydrogen) atoms. The zero-order valence-electron chi connectivity index (χ0n) is 31.2. The van der Waals surface area contributed by atoms with Crippen LogP contribution in [-0.2, 0) is 29.0 Å². The van der Waals surface area contributed by atoms with Crippen molar-refractivity contribution in [2.24, 2.45) is 10.8 Å². The van der Waals surface area contributed by atoms with E-state index < -0.39 is 22.8 Å². The molecule has 0 aliphatic heterocycles. The Balaban J connectivity index is 5.24. The molecule has 0 bridgehead atoms. The number of unbranched alkanes of at least 4 members (excludes halogenated alkanes) is 18. The molecule has 0 aromatic rings. The van der Waals surface area contributed by atoms with Crippen LogP contribution in [0.4, 0.5) is 0 Å². The van der Waals surface area contributed by atoms with E-state index >= 15 is 0 Å². The molecule has 2 atom stereocenters. The Labute approximate surface area is 284 Å². The highest BCUT2D eigenvalue weighted by Gasteiger charge is 2.48. The largest absolute Gasteiger partial charge is 0.368 e. The van der Waals surface area contributed by atoms with Crippen molar-refractivity contribution in [2.75, 3.05) is 0 Å². The molecule has 0 aromatic carbocycles. The number of hydrogen-bond donors (Lipinski definition) is 0. The Bertz CT molecular complexity index is 742. The Morgan fingerprint density at radius 1 is 0.370 bits per heavy atom. The lowest BCUT2D eigenvalue weighted by Crippen LogP contribution is -2.44. The molecule has 0 rings (SSSR count). The second-order valence-electron chi connectivity index (χ2n) is 13.8. The number of carbonyl (C=O) groups excluding carboxylic acids is 4. The maximum Gasteiger partial charge on any atom is 0.368 e. The van der Waals surface area contributed by atoms with Crippen molar-refractivity contribution < 1.29 is 29.0 Å². The number of ketones is 2. The molecule has 2 unspecified atom stereocenters. The van der Waals surface area contributed by atoms with Crippen molar-refractivity contribution in [3.8, 4) is 0 Å². The van der Waals surface area contributed by atoms with Crippen molar-refractivity contribution >= 4 is 23.5 Å². The van der Waals surface area contributed by atoms with Crippen molar-refractivity contribution in [3.05, 3.63) is 0 Å². The highest BCUT2D eigenvalue weighted by atomic mass is 17.2. The standard InChI is InChI=1S/C40H74O6/c1-7-13-17-19-21-23-25-27-29-31-35(41)39(11-5,33-15-9-3)37(43)45-46-38(44)40(12-6,34-16-10-4)36(42)32-30-28-26-24-22-20-18-14-8-2/h7-34H2,1-6H3. The van der Waals surface area contributed by atoms with E-state index in [-0.39, 0.29) is 11.6 Å². The monoisotopic (exact) mass is 651 g/mol. The van der Waals surface area contributed by atoms with Crippen LogP contribution < -0.4 is 0 Å². The fraction of sp³-hybridized carbons (Fsp3) is 0.900.